The van der Waals surface area contributed by atoms with Crippen molar-refractivity contribution in [2.75, 3.05) is 0 Å². The van der Waals surface area contributed by atoms with Crippen molar-refractivity contribution >= 4 is 34.6 Å². The van der Waals surface area contributed by atoms with Crippen LogP contribution >= 0.6 is 34.6 Å². The second-order valence-electron chi connectivity index (χ2n) is 4.45. The maximum absolute atomic E-state index is 12.5. The van der Waals surface area contributed by atoms with E-state index in [9.17, 15) is 13.2 Å². The number of hydrogen-bond acceptors (Lipinski definition) is 3. The summed E-state index contributed by atoms with van der Waals surface area (Å²) in [7, 11) is 0. The molecule has 0 saturated heterocycles. The summed E-state index contributed by atoms with van der Waals surface area (Å²) >= 11 is 7.60. The van der Waals surface area contributed by atoms with Crippen molar-refractivity contribution in [2.45, 2.75) is 19.7 Å². The summed E-state index contributed by atoms with van der Waals surface area (Å²) in [6.45, 7) is 2.32. The average Bonchev–Trinajstić information content (AvgIpc) is 2.43. The molecule has 1 aromatic carbocycles. The van der Waals surface area contributed by atoms with E-state index < -0.39 is 11.7 Å². The van der Waals surface area contributed by atoms with E-state index in [4.69, 9.17) is 19.4 Å². The maximum Gasteiger partial charge on any atom is 0.417 e. The lowest BCUT2D eigenvalue weighted by atomic mass is 10.1. The molecule has 0 amide bonds. The van der Waals surface area contributed by atoms with E-state index in [1.165, 1.54) is 0 Å². The molecule has 0 aliphatic heterocycles. The van der Waals surface area contributed by atoms with Gasteiger partial charge in [0, 0.05) is 6.20 Å². The zero-order valence-electron chi connectivity index (χ0n) is 11.2. The molecule has 0 spiro atoms. The Labute approximate surface area is 144 Å². The highest BCUT2D eigenvalue weighted by molar-refractivity contribution is 14.1. The van der Waals surface area contributed by atoms with Crippen LogP contribution < -0.4 is 4.74 Å². The van der Waals surface area contributed by atoms with Gasteiger partial charge < -0.3 is 7.80 Å². The number of aromatic nitrogens is 1. The molecule has 0 radical (unpaired) electrons. The van der Waals surface area contributed by atoms with E-state index >= 15 is 0 Å². The van der Waals surface area contributed by atoms with Crippen LogP contribution in [0.4, 0.5) is 13.2 Å². The number of aryl methyl sites for hydroxylation is 1. The van der Waals surface area contributed by atoms with E-state index in [0.29, 0.717) is 18.6 Å². The Hall–Kier alpha value is -1.06. The molecule has 1 aromatic heterocycles. The van der Waals surface area contributed by atoms with Gasteiger partial charge in [-0.3, -0.25) is 0 Å². The molecule has 0 saturated carbocycles. The van der Waals surface area contributed by atoms with Crippen molar-refractivity contribution in [1.82, 2.24) is 4.98 Å². The van der Waals surface area contributed by atoms with Crippen molar-refractivity contribution in [2.24, 2.45) is 0 Å². The van der Waals surface area contributed by atoms with E-state index in [1.54, 1.807) is 41.2 Å². The highest BCUT2D eigenvalue weighted by Gasteiger charge is 2.31. The Morgan fingerprint density at radius 1 is 1.27 bits per heavy atom. The van der Waals surface area contributed by atoms with Crippen LogP contribution in [-0.4, -0.2) is 4.98 Å². The number of ether oxygens (including phenoxy) is 1. The third-order valence-corrected chi connectivity index (χ3v) is 3.46. The van der Waals surface area contributed by atoms with Crippen molar-refractivity contribution < 1.29 is 21.0 Å². The van der Waals surface area contributed by atoms with Crippen LogP contribution in [0.1, 0.15) is 16.7 Å². The Bertz CT molecular complexity index is 680. The summed E-state index contributed by atoms with van der Waals surface area (Å²) < 4.78 is 48.1. The van der Waals surface area contributed by atoms with E-state index in [2.05, 4.69) is 4.98 Å². The molecular weight excluding hydrogens is 434 g/mol. The minimum Gasteiger partial charge on any atom is -0.438 e. The molecule has 0 fully saturated rings. The number of alkyl halides is 3. The van der Waals surface area contributed by atoms with Gasteiger partial charge in [-0.25, -0.2) is 4.98 Å². The van der Waals surface area contributed by atoms with Gasteiger partial charge in [0.15, 0.2) is 0 Å². The Balaban J connectivity index is 2.22. The molecule has 1 heterocycles. The summed E-state index contributed by atoms with van der Waals surface area (Å²) in [5.74, 6) is 0.357. The molecule has 2 rings (SSSR count). The molecular formula is C14H10ClF3INO2. The quantitative estimate of drug-likeness (QED) is 0.566. The molecule has 0 aliphatic rings. The molecule has 0 unspecified atom stereocenters. The third-order valence-electron chi connectivity index (χ3n) is 2.87. The van der Waals surface area contributed by atoms with Crippen LogP contribution in [-0.2, 0) is 15.8 Å². The summed E-state index contributed by atoms with van der Waals surface area (Å²) in [4.78, 5) is 3.63. The number of rotatable bonds is 4. The second-order valence-corrected chi connectivity index (χ2v) is 5.48. The normalized spacial score (nSPS) is 11.5. The second kappa shape index (κ2) is 7.01. The van der Waals surface area contributed by atoms with E-state index in [1.807, 2.05) is 6.92 Å². The molecule has 3 nitrogen and oxygen atoms in total. The fraction of sp³-hybridized carbons (Fsp3) is 0.214. The molecule has 2 aromatic rings. The highest BCUT2D eigenvalue weighted by Crippen LogP contribution is 2.34. The SMILES string of the molecule is Cc1cc(Oc2ncc(C(F)(F)F)cc2Cl)ccc1COI. The number of halogens is 5. The van der Waals surface area contributed by atoms with Gasteiger partial charge in [0.25, 0.3) is 0 Å². The minimum atomic E-state index is -4.49. The van der Waals surface area contributed by atoms with Gasteiger partial charge in [-0.15, -0.1) is 0 Å². The number of hydrogen-bond donors (Lipinski definition) is 0. The molecule has 0 bridgehead atoms. The van der Waals surface area contributed by atoms with Gasteiger partial charge >= 0.3 is 6.18 Å². The highest BCUT2D eigenvalue weighted by atomic mass is 127. The van der Waals surface area contributed by atoms with E-state index in [0.717, 1.165) is 17.2 Å². The lowest BCUT2D eigenvalue weighted by Gasteiger charge is -2.11. The molecule has 8 heteroatoms. The van der Waals surface area contributed by atoms with Gasteiger partial charge in [-0.1, -0.05) is 17.7 Å². The number of benzene rings is 1. The fourth-order valence-electron chi connectivity index (χ4n) is 1.72. The first-order valence-corrected chi connectivity index (χ1v) is 7.31. The first kappa shape index (κ1) is 17.3. The van der Waals surface area contributed by atoms with Gasteiger partial charge in [0.1, 0.15) is 33.8 Å². The molecule has 0 N–H and O–H groups in total. The van der Waals surface area contributed by atoms with Crippen molar-refractivity contribution in [3.8, 4) is 11.6 Å². The Morgan fingerprint density at radius 2 is 2.00 bits per heavy atom. The van der Waals surface area contributed by atoms with Crippen molar-refractivity contribution in [1.29, 1.82) is 0 Å². The summed E-state index contributed by atoms with van der Waals surface area (Å²) in [6, 6.07) is 6.00. The van der Waals surface area contributed by atoms with Gasteiger partial charge in [-0.2, -0.15) is 13.2 Å². The zero-order chi connectivity index (χ0) is 16.3. The minimum absolute atomic E-state index is 0.0769. The van der Waals surface area contributed by atoms with Crippen LogP contribution in [0.15, 0.2) is 30.5 Å². The first-order chi connectivity index (χ1) is 10.3. The molecule has 0 atom stereocenters. The third kappa shape index (κ3) is 4.23. The molecule has 0 aliphatic carbocycles. The summed E-state index contributed by atoms with van der Waals surface area (Å²) in [5.41, 5.74) is 0.987. The predicted octanol–water partition coefficient (Wildman–Crippen LogP) is 5.72. The molecule has 118 valence electrons. The number of nitrogens with zero attached hydrogens (tertiary/aromatic N) is 1. The number of pyridine rings is 1. The van der Waals surface area contributed by atoms with Crippen molar-refractivity contribution in [3.05, 3.63) is 52.2 Å². The van der Waals surface area contributed by atoms with Crippen LogP contribution in [0.5, 0.6) is 11.6 Å². The van der Waals surface area contributed by atoms with E-state index in [-0.39, 0.29) is 10.9 Å². The van der Waals surface area contributed by atoms with Gasteiger partial charge in [0.05, 0.1) is 12.2 Å². The lowest BCUT2D eigenvalue weighted by molar-refractivity contribution is -0.137. The van der Waals surface area contributed by atoms with Crippen LogP contribution in [0.2, 0.25) is 5.02 Å². The first-order valence-electron chi connectivity index (χ1n) is 6.05. The Kier molecular flexibility index (Phi) is 5.51. The monoisotopic (exact) mass is 443 g/mol. The van der Waals surface area contributed by atoms with Gasteiger partial charge in [0.2, 0.25) is 5.88 Å². The lowest BCUT2D eigenvalue weighted by Crippen LogP contribution is -2.05. The van der Waals surface area contributed by atoms with Crippen LogP contribution in [0.25, 0.3) is 0 Å². The van der Waals surface area contributed by atoms with Crippen LogP contribution in [0.3, 0.4) is 0 Å². The zero-order valence-corrected chi connectivity index (χ0v) is 14.2. The smallest absolute Gasteiger partial charge is 0.417 e. The van der Waals surface area contributed by atoms with Crippen LogP contribution in [0, 0.1) is 6.92 Å². The maximum atomic E-state index is 12.5. The van der Waals surface area contributed by atoms with Gasteiger partial charge in [-0.05, 0) is 36.2 Å². The summed E-state index contributed by atoms with van der Waals surface area (Å²) in [5, 5.41) is -0.202. The molecule has 22 heavy (non-hydrogen) atoms. The average molecular weight is 444 g/mol. The van der Waals surface area contributed by atoms with Crippen molar-refractivity contribution in [3.63, 3.8) is 0 Å². The Morgan fingerprint density at radius 3 is 2.55 bits per heavy atom. The predicted molar refractivity (Wildman–Crippen MR) is 84.3 cm³/mol. The largest absolute Gasteiger partial charge is 0.438 e. The topological polar surface area (TPSA) is 31.4 Å². The summed E-state index contributed by atoms with van der Waals surface area (Å²) in [6.07, 6.45) is -3.81. The fourth-order valence-corrected chi connectivity index (χ4v) is 2.26. The standard InChI is InChI=1S/C14H10ClF3INO2/c1-8-4-11(3-2-9(8)7-21-19)22-13-12(15)5-10(6-20-13)14(16,17)18/h2-6H,7H2,1H3.